The highest BCUT2D eigenvalue weighted by Crippen LogP contribution is 2.19. The van der Waals surface area contributed by atoms with Crippen molar-refractivity contribution in [3.05, 3.63) is 48.2 Å². The minimum absolute atomic E-state index is 0.391. The molecule has 2 rings (SSSR count). The molecular formula is C13H9NO4. The van der Waals surface area contributed by atoms with Crippen LogP contribution in [0.15, 0.2) is 42.6 Å². The van der Waals surface area contributed by atoms with Gasteiger partial charge in [-0.1, -0.05) is 18.2 Å². The second kappa shape index (κ2) is 4.67. The van der Waals surface area contributed by atoms with Gasteiger partial charge in [0.05, 0.1) is 5.52 Å². The Morgan fingerprint density at radius 2 is 1.89 bits per heavy atom. The monoisotopic (exact) mass is 243 g/mol. The molecule has 0 unspecified atom stereocenters. The minimum Gasteiger partial charge on any atom is -0.478 e. The number of aliphatic carboxylic acids is 1. The average Bonchev–Trinajstić information content (AvgIpc) is 2.75. The van der Waals surface area contributed by atoms with Crippen LogP contribution in [0.1, 0.15) is 15.2 Å². The number of aromatic nitrogens is 1. The van der Waals surface area contributed by atoms with Crippen molar-refractivity contribution >= 4 is 29.1 Å². The molecule has 1 aromatic carbocycles. The topological polar surface area (TPSA) is 76.4 Å². The standard InChI is InChI=1S/C13H9NO4/c15-8-9-7-14(12(16)5-6-13(17)18)11-4-2-1-3-10(9)11/h1-8H,(H,17,18)/b6-5+. The number of para-hydroxylation sites is 1. The number of nitrogens with zero attached hydrogens (tertiary/aromatic N) is 1. The Kier molecular flexibility index (Phi) is 3.05. The van der Waals surface area contributed by atoms with Crippen molar-refractivity contribution in [2.24, 2.45) is 0 Å². The van der Waals surface area contributed by atoms with Gasteiger partial charge in [-0.3, -0.25) is 14.2 Å². The summed E-state index contributed by atoms with van der Waals surface area (Å²) in [6.45, 7) is 0. The van der Waals surface area contributed by atoms with Crippen molar-refractivity contribution < 1.29 is 19.5 Å². The molecule has 2 aromatic rings. The normalized spacial score (nSPS) is 10.9. The molecule has 0 aliphatic carbocycles. The molecule has 1 N–H and O–H groups in total. The summed E-state index contributed by atoms with van der Waals surface area (Å²) in [5.41, 5.74) is 0.960. The predicted molar refractivity (Wildman–Crippen MR) is 64.7 cm³/mol. The third-order valence-corrected chi connectivity index (χ3v) is 2.48. The van der Waals surface area contributed by atoms with Gasteiger partial charge < -0.3 is 5.11 Å². The zero-order chi connectivity index (χ0) is 13.1. The molecule has 5 nitrogen and oxygen atoms in total. The largest absolute Gasteiger partial charge is 0.478 e. The zero-order valence-electron chi connectivity index (χ0n) is 9.24. The summed E-state index contributed by atoms with van der Waals surface area (Å²) in [5, 5.41) is 9.13. The maximum atomic E-state index is 11.8. The highest BCUT2D eigenvalue weighted by atomic mass is 16.4. The van der Waals surface area contributed by atoms with Gasteiger partial charge in [-0.2, -0.15) is 0 Å². The molecule has 0 aliphatic heterocycles. The van der Waals surface area contributed by atoms with Gasteiger partial charge in [0.15, 0.2) is 6.29 Å². The summed E-state index contributed by atoms with van der Waals surface area (Å²) in [6.07, 6.45) is 3.76. The fourth-order valence-electron chi connectivity index (χ4n) is 1.71. The van der Waals surface area contributed by atoms with E-state index < -0.39 is 11.9 Å². The fraction of sp³-hybridized carbons (Fsp3) is 0. The quantitative estimate of drug-likeness (QED) is 0.658. The lowest BCUT2D eigenvalue weighted by Gasteiger charge is -1.98. The third-order valence-electron chi connectivity index (χ3n) is 2.48. The van der Waals surface area contributed by atoms with Gasteiger partial charge in [0.1, 0.15) is 0 Å². The lowest BCUT2D eigenvalue weighted by atomic mass is 10.2. The Balaban J connectivity index is 2.54. The van der Waals surface area contributed by atoms with E-state index in [1.54, 1.807) is 24.3 Å². The van der Waals surface area contributed by atoms with E-state index in [9.17, 15) is 14.4 Å². The number of hydrogen-bond donors (Lipinski definition) is 1. The Labute approximate surface area is 102 Å². The molecule has 0 aliphatic rings. The lowest BCUT2D eigenvalue weighted by Crippen LogP contribution is -2.06. The molecule has 1 heterocycles. The number of carbonyl (C=O) groups excluding carboxylic acids is 2. The van der Waals surface area contributed by atoms with Crippen molar-refractivity contribution in [3.8, 4) is 0 Å². The van der Waals surface area contributed by atoms with Gasteiger partial charge in [0.25, 0.3) is 5.91 Å². The van der Waals surface area contributed by atoms with Gasteiger partial charge in [-0.15, -0.1) is 0 Å². The van der Waals surface area contributed by atoms with Gasteiger partial charge in [0, 0.05) is 29.3 Å². The maximum absolute atomic E-state index is 11.8. The highest BCUT2D eigenvalue weighted by Gasteiger charge is 2.10. The maximum Gasteiger partial charge on any atom is 0.328 e. The average molecular weight is 243 g/mol. The number of carbonyl (C=O) groups is 3. The van der Waals surface area contributed by atoms with Crippen LogP contribution >= 0.6 is 0 Å². The van der Waals surface area contributed by atoms with E-state index in [0.717, 1.165) is 12.2 Å². The highest BCUT2D eigenvalue weighted by molar-refractivity contribution is 6.05. The van der Waals surface area contributed by atoms with Crippen LogP contribution in [0.25, 0.3) is 10.9 Å². The molecule has 0 radical (unpaired) electrons. The van der Waals surface area contributed by atoms with Crippen LogP contribution in [0.3, 0.4) is 0 Å². The molecule has 0 saturated heterocycles. The molecule has 18 heavy (non-hydrogen) atoms. The van der Waals surface area contributed by atoms with E-state index in [2.05, 4.69) is 0 Å². The SMILES string of the molecule is O=Cc1cn(C(=O)/C=C/C(=O)O)c2ccccc12. The van der Waals surface area contributed by atoms with Crippen molar-refractivity contribution in [1.82, 2.24) is 4.57 Å². The molecule has 0 fully saturated rings. The molecule has 0 bridgehead atoms. The molecule has 1 aromatic heterocycles. The first-order valence-corrected chi connectivity index (χ1v) is 5.14. The van der Waals surface area contributed by atoms with E-state index >= 15 is 0 Å². The van der Waals surface area contributed by atoms with Crippen molar-refractivity contribution in [2.75, 3.05) is 0 Å². The number of carboxylic acid groups (broad SMARTS) is 1. The number of aldehydes is 1. The van der Waals surface area contributed by atoms with Crippen molar-refractivity contribution in [3.63, 3.8) is 0 Å². The van der Waals surface area contributed by atoms with Crippen molar-refractivity contribution in [2.45, 2.75) is 0 Å². The summed E-state index contributed by atoms with van der Waals surface area (Å²) in [5.74, 6) is -1.71. The van der Waals surface area contributed by atoms with Crippen LogP contribution in [0.5, 0.6) is 0 Å². The van der Waals surface area contributed by atoms with E-state index in [4.69, 9.17) is 5.11 Å². The van der Waals surface area contributed by atoms with E-state index in [-0.39, 0.29) is 0 Å². The van der Waals surface area contributed by atoms with E-state index in [1.807, 2.05) is 0 Å². The van der Waals surface area contributed by atoms with Crippen LogP contribution in [0, 0.1) is 0 Å². The van der Waals surface area contributed by atoms with Crippen LogP contribution in [0.4, 0.5) is 0 Å². The predicted octanol–water partition coefficient (Wildman–Crippen LogP) is 1.73. The number of hydrogen-bond acceptors (Lipinski definition) is 3. The van der Waals surface area contributed by atoms with Gasteiger partial charge >= 0.3 is 5.97 Å². The number of carboxylic acids is 1. The smallest absolute Gasteiger partial charge is 0.328 e. The molecule has 90 valence electrons. The minimum atomic E-state index is -1.20. The Hall–Kier alpha value is -2.69. The Morgan fingerprint density at radius 1 is 1.17 bits per heavy atom. The number of rotatable bonds is 3. The summed E-state index contributed by atoms with van der Waals surface area (Å²) in [4.78, 5) is 33.0. The number of fused-ring (bicyclic) bond motifs is 1. The van der Waals surface area contributed by atoms with Crippen LogP contribution < -0.4 is 0 Å². The number of allylic oxidation sites excluding steroid dienone is 1. The summed E-state index contributed by atoms with van der Waals surface area (Å²) in [6, 6.07) is 6.91. The second-order valence-corrected chi connectivity index (χ2v) is 3.60. The second-order valence-electron chi connectivity index (χ2n) is 3.60. The molecule has 0 saturated carbocycles. The van der Waals surface area contributed by atoms with Gasteiger partial charge in [0.2, 0.25) is 0 Å². The van der Waals surface area contributed by atoms with Gasteiger partial charge in [-0.25, -0.2) is 4.79 Å². The first-order valence-electron chi connectivity index (χ1n) is 5.14. The molecular weight excluding hydrogens is 234 g/mol. The van der Waals surface area contributed by atoms with E-state index in [0.29, 0.717) is 22.8 Å². The Bertz CT molecular complexity index is 667. The van der Waals surface area contributed by atoms with E-state index in [1.165, 1.54) is 10.8 Å². The fourth-order valence-corrected chi connectivity index (χ4v) is 1.71. The summed E-state index contributed by atoms with van der Waals surface area (Å²) < 4.78 is 1.25. The summed E-state index contributed by atoms with van der Waals surface area (Å²) >= 11 is 0. The Morgan fingerprint density at radius 3 is 2.56 bits per heavy atom. The first kappa shape index (κ1) is 11.8. The van der Waals surface area contributed by atoms with Crippen LogP contribution in [0.2, 0.25) is 0 Å². The molecule has 5 heteroatoms. The van der Waals surface area contributed by atoms with Crippen LogP contribution in [-0.2, 0) is 4.79 Å². The lowest BCUT2D eigenvalue weighted by molar-refractivity contribution is -0.131. The zero-order valence-corrected chi connectivity index (χ0v) is 9.24. The summed E-state index contributed by atoms with van der Waals surface area (Å²) in [7, 11) is 0. The number of benzene rings is 1. The first-order chi connectivity index (χ1) is 8.63. The molecule has 0 amide bonds. The van der Waals surface area contributed by atoms with Crippen molar-refractivity contribution in [1.29, 1.82) is 0 Å². The third kappa shape index (κ3) is 2.06. The molecule has 0 atom stereocenters. The van der Waals surface area contributed by atoms with Crippen LogP contribution in [-0.4, -0.2) is 27.8 Å². The molecule has 0 spiro atoms. The van der Waals surface area contributed by atoms with Gasteiger partial charge in [-0.05, 0) is 6.07 Å².